The first-order valence-corrected chi connectivity index (χ1v) is 17.6. The van der Waals surface area contributed by atoms with Crippen molar-refractivity contribution in [3.63, 3.8) is 0 Å². The summed E-state index contributed by atoms with van der Waals surface area (Å²) in [7, 11) is -4.58. The van der Waals surface area contributed by atoms with Gasteiger partial charge in [-0.2, -0.15) is 0 Å². The number of rotatable bonds is 11. The number of nitrogens with zero attached hydrogens (tertiary/aromatic N) is 1. The Morgan fingerprint density at radius 2 is 1.37 bits per heavy atom. The second-order valence-electron chi connectivity index (χ2n) is 12.1. The number of nitrogens with one attached hydrogen (secondary N) is 1. The van der Waals surface area contributed by atoms with Gasteiger partial charge in [-0.05, 0) is 96.6 Å². The number of benzene rings is 5. The lowest BCUT2D eigenvalue weighted by Gasteiger charge is -2.36. The first kappa shape index (κ1) is 35.4. The molecular weight excluding hydrogens is 689 g/mol. The number of fused-ring (bicyclic) bond motifs is 1. The van der Waals surface area contributed by atoms with Crippen molar-refractivity contribution in [2.45, 2.75) is 36.7 Å². The molecule has 13 heteroatoms. The van der Waals surface area contributed by atoms with Crippen LogP contribution in [0.15, 0.2) is 120 Å². The number of hydrogen-bond acceptors (Lipinski definition) is 8. The van der Waals surface area contributed by atoms with Crippen LogP contribution in [0.3, 0.4) is 0 Å². The topological polar surface area (TPSA) is 188 Å². The van der Waals surface area contributed by atoms with Crippen molar-refractivity contribution in [2.75, 3.05) is 0 Å². The summed E-state index contributed by atoms with van der Waals surface area (Å²) in [4.78, 5) is 54.3. The fourth-order valence-electron chi connectivity index (χ4n) is 6.24. The van der Waals surface area contributed by atoms with E-state index < -0.39 is 67.0 Å². The van der Waals surface area contributed by atoms with E-state index in [4.69, 9.17) is 4.74 Å². The van der Waals surface area contributed by atoms with Gasteiger partial charge in [0.2, 0.25) is 0 Å². The average molecular weight is 721 g/mol. The summed E-state index contributed by atoms with van der Waals surface area (Å²) in [6.07, 6.45) is 2.03. The Morgan fingerprint density at radius 3 is 2.08 bits per heavy atom. The Kier molecular flexibility index (Phi) is 10.1. The molecule has 264 valence electrons. The van der Waals surface area contributed by atoms with E-state index in [1.165, 1.54) is 4.90 Å². The largest absolute Gasteiger partial charge is 0.508 e. The van der Waals surface area contributed by atoms with Crippen LogP contribution in [0.25, 0.3) is 0 Å². The Balaban J connectivity index is 1.41. The summed E-state index contributed by atoms with van der Waals surface area (Å²) in [5.74, 6) is -4.71. The number of aromatic carboxylic acids is 2. The van der Waals surface area contributed by atoms with E-state index in [9.17, 15) is 42.9 Å². The van der Waals surface area contributed by atoms with E-state index in [1.807, 2.05) is 42.5 Å². The monoisotopic (exact) mass is 720 g/mol. The molecule has 1 aliphatic carbocycles. The molecule has 6 rings (SSSR count). The van der Waals surface area contributed by atoms with Crippen LogP contribution < -0.4 is 9.46 Å². The number of aromatic hydroxyl groups is 1. The molecule has 0 fully saturated rings. The summed E-state index contributed by atoms with van der Waals surface area (Å²) < 4.78 is 33.6. The smallest absolute Gasteiger partial charge is 0.336 e. The summed E-state index contributed by atoms with van der Waals surface area (Å²) in [5.41, 5.74) is -0.234. The maximum atomic E-state index is 14.7. The number of aryl methyl sites for hydroxylation is 1. The van der Waals surface area contributed by atoms with Gasteiger partial charge in [0.1, 0.15) is 17.2 Å². The number of phenols is 1. The molecule has 52 heavy (non-hydrogen) atoms. The van der Waals surface area contributed by atoms with Gasteiger partial charge in [-0.3, -0.25) is 9.59 Å². The van der Waals surface area contributed by atoms with E-state index in [-0.39, 0.29) is 12.3 Å². The van der Waals surface area contributed by atoms with Gasteiger partial charge in [-0.1, -0.05) is 54.6 Å². The van der Waals surface area contributed by atoms with Crippen molar-refractivity contribution in [3.8, 4) is 17.2 Å². The molecule has 0 aliphatic heterocycles. The number of para-hydroxylation sites is 1. The molecule has 0 saturated heterocycles. The van der Waals surface area contributed by atoms with Gasteiger partial charge in [-0.25, -0.2) is 22.7 Å². The number of carbonyl (C=O) groups excluding carboxylic acids is 2. The van der Waals surface area contributed by atoms with Crippen LogP contribution in [-0.4, -0.2) is 52.4 Å². The van der Waals surface area contributed by atoms with Crippen LogP contribution in [0.5, 0.6) is 17.2 Å². The van der Waals surface area contributed by atoms with E-state index in [0.717, 1.165) is 54.3 Å². The highest BCUT2D eigenvalue weighted by Crippen LogP contribution is 2.37. The predicted molar refractivity (Wildman–Crippen MR) is 188 cm³/mol. The molecule has 5 aromatic carbocycles. The number of carbonyl (C=O) groups is 4. The third kappa shape index (κ3) is 7.64. The molecule has 0 unspecified atom stereocenters. The second kappa shape index (κ2) is 14.8. The fourth-order valence-corrected chi connectivity index (χ4v) is 7.20. The number of amides is 2. The zero-order chi connectivity index (χ0) is 37.0. The first-order chi connectivity index (χ1) is 24.9. The average Bonchev–Trinajstić information content (AvgIpc) is 3.13. The van der Waals surface area contributed by atoms with Crippen LogP contribution in [0.1, 0.15) is 77.0 Å². The Bertz CT molecular complexity index is 2290. The normalized spacial score (nSPS) is 13.7. The minimum Gasteiger partial charge on any atom is -0.508 e. The maximum absolute atomic E-state index is 14.7. The summed E-state index contributed by atoms with van der Waals surface area (Å²) in [5, 5.41) is 30.0. The van der Waals surface area contributed by atoms with Crippen molar-refractivity contribution in [2.24, 2.45) is 0 Å². The van der Waals surface area contributed by atoms with Crippen LogP contribution in [0.4, 0.5) is 0 Å². The van der Waals surface area contributed by atoms with E-state index in [2.05, 4.69) is 0 Å². The lowest BCUT2D eigenvalue weighted by atomic mass is 9.86. The second-order valence-corrected chi connectivity index (χ2v) is 13.8. The summed E-state index contributed by atoms with van der Waals surface area (Å²) in [6, 6.07) is 28.9. The third-order valence-corrected chi connectivity index (χ3v) is 10.0. The van der Waals surface area contributed by atoms with Crippen LogP contribution in [0, 0.1) is 0 Å². The SMILES string of the molecule is O=C(O)c1cc(C(=O)N(Cc2cccc(Oc3ccccc3)c2)[C@H]2CCCc3ccccc32)c(C(=O)O)cc1C(=O)NS(=O)(=O)c1ccc(O)cc1. The minimum atomic E-state index is -4.58. The molecule has 0 aromatic heterocycles. The van der Waals surface area contributed by atoms with E-state index in [1.54, 1.807) is 41.1 Å². The quantitative estimate of drug-likeness (QED) is 0.119. The Hall–Kier alpha value is -6.47. The fraction of sp³-hybridized carbons (Fsp3) is 0.128. The van der Waals surface area contributed by atoms with Gasteiger partial charge in [0, 0.05) is 6.54 Å². The predicted octanol–water partition coefficient (Wildman–Crippen LogP) is 6.42. The Labute approximate surface area is 298 Å². The lowest BCUT2D eigenvalue weighted by Crippen LogP contribution is -2.37. The highest BCUT2D eigenvalue weighted by molar-refractivity contribution is 7.90. The first-order valence-electron chi connectivity index (χ1n) is 16.1. The van der Waals surface area contributed by atoms with Gasteiger partial charge in [0.25, 0.3) is 21.8 Å². The number of carboxylic acids is 2. The van der Waals surface area contributed by atoms with Crippen molar-refractivity contribution in [1.29, 1.82) is 0 Å². The summed E-state index contributed by atoms with van der Waals surface area (Å²) >= 11 is 0. The molecule has 12 nitrogen and oxygen atoms in total. The minimum absolute atomic E-state index is 0.0155. The number of carboxylic acid groups (broad SMARTS) is 2. The van der Waals surface area contributed by atoms with Gasteiger partial charge in [-0.15, -0.1) is 0 Å². The zero-order valence-corrected chi connectivity index (χ0v) is 28.2. The molecule has 5 aromatic rings. The highest BCUT2D eigenvalue weighted by atomic mass is 32.2. The molecule has 0 spiro atoms. The van der Waals surface area contributed by atoms with E-state index >= 15 is 0 Å². The van der Waals surface area contributed by atoms with Crippen LogP contribution in [0.2, 0.25) is 0 Å². The van der Waals surface area contributed by atoms with E-state index in [0.29, 0.717) is 29.5 Å². The van der Waals surface area contributed by atoms with Crippen LogP contribution >= 0.6 is 0 Å². The van der Waals surface area contributed by atoms with Crippen molar-refractivity contribution in [1.82, 2.24) is 9.62 Å². The molecule has 4 N–H and O–H groups in total. The highest BCUT2D eigenvalue weighted by Gasteiger charge is 2.34. The number of sulfonamides is 1. The molecule has 0 bridgehead atoms. The van der Waals surface area contributed by atoms with Crippen molar-refractivity contribution in [3.05, 3.63) is 154 Å². The Morgan fingerprint density at radius 1 is 0.731 bits per heavy atom. The molecule has 0 heterocycles. The summed E-state index contributed by atoms with van der Waals surface area (Å²) in [6.45, 7) is -0.0155. The van der Waals surface area contributed by atoms with Gasteiger partial charge < -0.3 is 25.0 Å². The number of phenolic OH excluding ortho intramolecular Hbond substituents is 1. The third-order valence-electron chi connectivity index (χ3n) is 8.67. The van der Waals surface area contributed by atoms with Gasteiger partial charge in [0.05, 0.1) is 33.2 Å². The molecule has 1 aliphatic rings. The van der Waals surface area contributed by atoms with Crippen molar-refractivity contribution >= 4 is 33.8 Å². The molecule has 2 amide bonds. The van der Waals surface area contributed by atoms with Gasteiger partial charge >= 0.3 is 11.9 Å². The molecule has 1 atom stereocenters. The molecule has 0 radical (unpaired) electrons. The number of hydrogen-bond donors (Lipinski definition) is 4. The van der Waals surface area contributed by atoms with Gasteiger partial charge in [0.15, 0.2) is 0 Å². The van der Waals surface area contributed by atoms with Crippen molar-refractivity contribution < 1.29 is 47.7 Å². The molecule has 0 saturated carbocycles. The maximum Gasteiger partial charge on any atom is 0.336 e. The number of ether oxygens (including phenoxy) is 1. The zero-order valence-electron chi connectivity index (χ0n) is 27.4. The lowest BCUT2D eigenvalue weighted by molar-refractivity contribution is 0.0614. The molecular formula is C39H32N2O10S. The van der Waals surface area contributed by atoms with Crippen LogP contribution in [-0.2, 0) is 23.0 Å². The standard InChI is InChI=1S/C39H32N2O10S/c42-26-16-18-29(19-17-26)52(49,50)40-36(43)31-21-34(39(47)48)32(22-33(31)38(45)46)37(44)41(35-15-7-10-25-9-4-5-14-30(25)35)23-24-8-6-13-28(20-24)51-27-11-2-1-3-12-27/h1-6,8-9,11-14,16-22,35,42H,7,10,15,23H2,(H,40,43)(H,45,46)(H,47,48)/t35-/m0/s1.